The van der Waals surface area contributed by atoms with Crippen LogP contribution in [0.25, 0.3) is 0 Å². The molecule has 1 saturated heterocycles. The molecule has 0 saturated carbocycles. The number of hydrogen-bond donors (Lipinski definition) is 2. The minimum atomic E-state index is -0.109. The third kappa shape index (κ3) is 4.08. The topological polar surface area (TPSA) is 44.4 Å². The van der Waals surface area contributed by atoms with E-state index in [0.29, 0.717) is 10.1 Å². The fraction of sp³-hybridized carbons (Fsp3) is 0.467. The molecule has 21 heavy (non-hydrogen) atoms. The number of thiocarbonyl (C=S) groups is 1. The van der Waals surface area contributed by atoms with Gasteiger partial charge in [-0.25, -0.2) is 0 Å². The summed E-state index contributed by atoms with van der Waals surface area (Å²) >= 11 is 11.5. The summed E-state index contributed by atoms with van der Waals surface area (Å²) in [5.74, 6) is -0.209. The van der Waals surface area contributed by atoms with Gasteiger partial charge in [0.1, 0.15) is 0 Å². The fourth-order valence-electron chi connectivity index (χ4n) is 2.29. The van der Waals surface area contributed by atoms with Crippen molar-refractivity contribution in [3.63, 3.8) is 0 Å². The van der Waals surface area contributed by atoms with Crippen LogP contribution in [-0.4, -0.2) is 24.1 Å². The number of rotatable bonds is 3. The molecule has 0 atom stereocenters. The summed E-state index contributed by atoms with van der Waals surface area (Å²) in [6, 6.07) is 5.67. The Morgan fingerprint density at radius 3 is 2.62 bits per heavy atom. The van der Waals surface area contributed by atoms with Crippen LogP contribution >= 0.6 is 23.8 Å². The van der Waals surface area contributed by atoms with Crippen LogP contribution in [0.2, 0.25) is 5.02 Å². The monoisotopic (exact) mass is 325 g/mol. The molecule has 1 aromatic rings. The molecule has 0 bridgehead atoms. The molecule has 0 unspecified atom stereocenters. The Bertz CT molecular complexity index is 542. The van der Waals surface area contributed by atoms with Gasteiger partial charge >= 0.3 is 0 Å². The molecule has 0 radical (unpaired) electrons. The second-order valence-electron chi connectivity index (χ2n) is 5.43. The van der Waals surface area contributed by atoms with Crippen molar-refractivity contribution in [2.45, 2.75) is 26.7 Å². The fourth-order valence-corrected chi connectivity index (χ4v) is 2.79. The van der Waals surface area contributed by atoms with Gasteiger partial charge in [-0.15, -0.1) is 0 Å². The zero-order valence-corrected chi connectivity index (χ0v) is 13.9. The summed E-state index contributed by atoms with van der Waals surface area (Å²) < 4.78 is 0. The molecule has 0 aromatic heterocycles. The molecular weight excluding hydrogens is 306 g/mol. The van der Waals surface area contributed by atoms with Crippen molar-refractivity contribution >= 4 is 46.2 Å². The van der Waals surface area contributed by atoms with Gasteiger partial charge in [-0.2, -0.15) is 0 Å². The third-order valence-electron chi connectivity index (χ3n) is 3.42. The summed E-state index contributed by atoms with van der Waals surface area (Å²) in [5, 5.41) is 6.77. The van der Waals surface area contributed by atoms with E-state index < -0.39 is 0 Å². The van der Waals surface area contributed by atoms with E-state index >= 15 is 0 Å². The van der Waals surface area contributed by atoms with E-state index in [1.807, 2.05) is 32.0 Å². The van der Waals surface area contributed by atoms with E-state index in [0.717, 1.165) is 24.5 Å². The molecule has 4 nitrogen and oxygen atoms in total. The van der Waals surface area contributed by atoms with E-state index in [4.69, 9.17) is 23.8 Å². The van der Waals surface area contributed by atoms with E-state index in [1.54, 1.807) is 0 Å². The molecule has 6 heteroatoms. The Balaban J connectivity index is 2.14. The standard InChI is InChI=1S/C15H20ClN3OS/c1-10(2)14(20)18-15(21)17-12-7-5-6-11(16)13(12)19-8-3-4-9-19/h5-7,10H,3-4,8-9H2,1-2H3,(H2,17,18,20,21). The first-order valence-corrected chi connectivity index (χ1v) is 7.93. The van der Waals surface area contributed by atoms with Crippen LogP contribution < -0.4 is 15.5 Å². The van der Waals surface area contributed by atoms with Gasteiger partial charge in [-0.05, 0) is 37.2 Å². The van der Waals surface area contributed by atoms with Gasteiger partial charge in [0.05, 0.1) is 16.4 Å². The number of para-hydroxylation sites is 1. The summed E-state index contributed by atoms with van der Waals surface area (Å²) in [7, 11) is 0. The molecule has 114 valence electrons. The molecule has 1 fully saturated rings. The maximum absolute atomic E-state index is 11.7. The van der Waals surface area contributed by atoms with E-state index in [2.05, 4.69) is 15.5 Å². The lowest BCUT2D eigenvalue weighted by atomic mass is 10.2. The summed E-state index contributed by atoms with van der Waals surface area (Å²) in [5.41, 5.74) is 1.79. The van der Waals surface area contributed by atoms with Crippen molar-refractivity contribution in [3.8, 4) is 0 Å². The van der Waals surface area contributed by atoms with Crippen LogP contribution in [0.1, 0.15) is 26.7 Å². The number of amides is 1. The number of carbonyl (C=O) groups is 1. The van der Waals surface area contributed by atoms with Crippen molar-refractivity contribution in [3.05, 3.63) is 23.2 Å². The van der Waals surface area contributed by atoms with Crippen LogP contribution in [0.4, 0.5) is 11.4 Å². The Morgan fingerprint density at radius 2 is 2.00 bits per heavy atom. The lowest BCUT2D eigenvalue weighted by Gasteiger charge is -2.23. The number of halogens is 1. The molecular formula is C15H20ClN3OS. The maximum Gasteiger partial charge on any atom is 0.228 e. The number of nitrogens with zero attached hydrogens (tertiary/aromatic N) is 1. The third-order valence-corrected chi connectivity index (χ3v) is 3.93. The van der Waals surface area contributed by atoms with Crippen molar-refractivity contribution in [2.75, 3.05) is 23.3 Å². The van der Waals surface area contributed by atoms with E-state index in [9.17, 15) is 4.79 Å². The number of carbonyl (C=O) groups excluding carboxylic acids is 1. The molecule has 1 heterocycles. The van der Waals surface area contributed by atoms with Crippen LogP contribution in [0.15, 0.2) is 18.2 Å². The van der Waals surface area contributed by atoms with Crippen LogP contribution in [0.3, 0.4) is 0 Å². The molecule has 0 aliphatic carbocycles. The SMILES string of the molecule is CC(C)C(=O)NC(=S)Nc1cccc(Cl)c1N1CCCC1. The number of nitrogens with one attached hydrogen (secondary N) is 2. The average molecular weight is 326 g/mol. The van der Waals surface area contributed by atoms with Gasteiger partial charge in [-0.3, -0.25) is 4.79 Å². The first-order chi connectivity index (χ1) is 9.99. The van der Waals surface area contributed by atoms with Gasteiger partial charge in [0.15, 0.2) is 5.11 Å². The Kier molecular flexibility index (Phi) is 5.42. The predicted octanol–water partition coefficient (Wildman–Crippen LogP) is 3.41. The number of anilines is 2. The molecule has 1 aromatic carbocycles. The largest absolute Gasteiger partial charge is 0.369 e. The molecule has 1 aliphatic rings. The van der Waals surface area contributed by atoms with E-state index in [1.165, 1.54) is 12.8 Å². The van der Waals surface area contributed by atoms with Crippen molar-refractivity contribution in [2.24, 2.45) is 5.92 Å². The smallest absolute Gasteiger partial charge is 0.228 e. The van der Waals surface area contributed by atoms with Crippen molar-refractivity contribution < 1.29 is 4.79 Å². The molecule has 1 amide bonds. The second-order valence-corrected chi connectivity index (χ2v) is 6.24. The van der Waals surface area contributed by atoms with Crippen LogP contribution in [-0.2, 0) is 4.79 Å². The maximum atomic E-state index is 11.7. The number of hydrogen-bond acceptors (Lipinski definition) is 3. The molecule has 2 rings (SSSR count). The Morgan fingerprint density at radius 1 is 1.33 bits per heavy atom. The highest BCUT2D eigenvalue weighted by Crippen LogP contribution is 2.35. The first-order valence-electron chi connectivity index (χ1n) is 7.14. The molecule has 1 aliphatic heterocycles. The minimum Gasteiger partial charge on any atom is -0.369 e. The molecule has 2 N–H and O–H groups in total. The summed E-state index contributed by atoms with van der Waals surface area (Å²) in [6.07, 6.45) is 2.33. The zero-order valence-electron chi connectivity index (χ0n) is 12.3. The zero-order chi connectivity index (χ0) is 15.4. The van der Waals surface area contributed by atoms with Crippen LogP contribution in [0, 0.1) is 5.92 Å². The van der Waals surface area contributed by atoms with Gasteiger partial charge in [-0.1, -0.05) is 31.5 Å². The van der Waals surface area contributed by atoms with E-state index in [-0.39, 0.29) is 11.8 Å². The van der Waals surface area contributed by atoms with Gasteiger partial charge in [0.25, 0.3) is 0 Å². The Hall–Kier alpha value is -1.33. The summed E-state index contributed by atoms with van der Waals surface area (Å²) in [6.45, 7) is 5.63. The van der Waals surface area contributed by atoms with Gasteiger partial charge < -0.3 is 15.5 Å². The minimum absolute atomic E-state index is 0.0998. The highest BCUT2D eigenvalue weighted by Gasteiger charge is 2.19. The van der Waals surface area contributed by atoms with Crippen LogP contribution in [0.5, 0.6) is 0 Å². The lowest BCUT2D eigenvalue weighted by Crippen LogP contribution is -2.37. The van der Waals surface area contributed by atoms with Crippen molar-refractivity contribution in [1.82, 2.24) is 5.32 Å². The summed E-state index contributed by atoms with van der Waals surface area (Å²) in [4.78, 5) is 13.9. The average Bonchev–Trinajstić information content (AvgIpc) is 2.92. The first kappa shape index (κ1) is 16.0. The van der Waals surface area contributed by atoms with Gasteiger partial charge in [0, 0.05) is 19.0 Å². The second kappa shape index (κ2) is 7.09. The van der Waals surface area contributed by atoms with Gasteiger partial charge in [0.2, 0.25) is 5.91 Å². The molecule has 0 spiro atoms. The normalized spacial score (nSPS) is 14.4. The lowest BCUT2D eigenvalue weighted by molar-refractivity contribution is -0.122. The highest BCUT2D eigenvalue weighted by atomic mass is 35.5. The highest BCUT2D eigenvalue weighted by molar-refractivity contribution is 7.80. The quantitative estimate of drug-likeness (QED) is 0.836. The van der Waals surface area contributed by atoms with Crippen molar-refractivity contribution in [1.29, 1.82) is 0 Å². The number of benzene rings is 1. The predicted molar refractivity (Wildman–Crippen MR) is 92.1 cm³/mol. The Labute approximate surface area is 135 Å².